The van der Waals surface area contributed by atoms with Crippen LogP contribution in [0.4, 0.5) is 5.69 Å². The summed E-state index contributed by atoms with van der Waals surface area (Å²) in [6.45, 7) is 8.79. The Morgan fingerprint density at radius 3 is 2.43 bits per heavy atom. The van der Waals surface area contributed by atoms with Gasteiger partial charge < -0.3 is 20.3 Å². The number of nitrogens with zero attached hydrogens (tertiary/aromatic N) is 1. The number of hydrogen-bond acceptors (Lipinski definition) is 4. The van der Waals surface area contributed by atoms with Crippen molar-refractivity contribution in [2.45, 2.75) is 65.8 Å². The molecule has 6 nitrogen and oxygen atoms in total. The number of esters is 1. The van der Waals surface area contributed by atoms with Crippen LogP contribution in [0.15, 0.2) is 35.5 Å². The number of carbonyl (C=O) groups excluding carboxylic acids is 2. The first-order chi connectivity index (χ1) is 14.4. The minimum absolute atomic E-state index is 0.0253. The van der Waals surface area contributed by atoms with E-state index < -0.39 is 6.04 Å². The summed E-state index contributed by atoms with van der Waals surface area (Å²) in [6, 6.07) is 7.13. The molecular weight excluding hydrogens is 398 g/mol. The topological polar surface area (TPSA) is 70.7 Å². The lowest BCUT2D eigenvalue weighted by Gasteiger charge is -2.37. The monoisotopic (exact) mass is 431 g/mol. The highest BCUT2D eigenvalue weighted by molar-refractivity contribution is 7.80. The van der Waals surface area contributed by atoms with Gasteiger partial charge >= 0.3 is 5.97 Å². The molecule has 0 saturated heterocycles. The van der Waals surface area contributed by atoms with E-state index in [1.54, 1.807) is 6.92 Å². The minimum atomic E-state index is -0.391. The van der Waals surface area contributed by atoms with Crippen LogP contribution in [0, 0.1) is 0 Å². The molecule has 0 bridgehead atoms. The maximum Gasteiger partial charge on any atom is 0.338 e. The van der Waals surface area contributed by atoms with Crippen molar-refractivity contribution in [1.82, 2.24) is 10.2 Å². The highest BCUT2D eigenvalue weighted by atomic mass is 32.1. The molecule has 7 heteroatoms. The van der Waals surface area contributed by atoms with E-state index in [4.69, 9.17) is 17.0 Å². The maximum atomic E-state index is 12.7. The van der Waals surface area contributed by atoms with Crippen LogP contribution in [-0.2, 0) is 14.3 Å². The first-order valence-electron chi connectivity index (χ1n) is 10.8. The molecule has 1 amide bonds. The summed E-state index contributed by atoms with van der Waals surface area (Å²) in [4.78, 5) is 26.7. The average molecular weight is 432 g/mol. The van der Waals surface area contributed by atoms with E-state index in [1.807, 2.05) is 43.0 Å². The van der Waals surface area contributed by atoms with Crippen molar-refractivity contribution in [2.24, 2.45) is 0 Å². The van der Waals surface area contributed by atoms with Crippen LogP contribution in [0.25, 0.3) is 0 Å². The molecule has 1 atom stereocenters. The molecule has 0 saturated carbocycles. The molecule has 1 unspecified atom stereocenters. The van der Waals surface area contributed by atoms with Gasteiger partial charge in [0.1, 0.15) is 0 Å². The summed E-state index contributed by atoms with van der Waals surface area (Å²) in [5.74, 6) is -0.324. The number of nitrogens with one attached hydrogen (secondary N) is 2. The molecule has 0 aromatic heterocycles. The second-order valence-electron chi connectivity index (χ2n) is 7.33. The van der Waals surface area contributed by atoms with Gasteiger partial charge in [-0.05, 0) is 57.1 Å². The second kappa shape index (κ2) is 11.7. The van der Waals surface area contributed by atoms with E-state index >= 15 is 0 Å². The summed E-state index contributed by atoms with van der Waals surface area (Å²) >= 11 is 5.50. The van der Waals surface area contributed by atoms with Gasteiger partial charge in [0.15, 0.2) is 5.11 Å². The number of anilines is 1. The van der Waals surface area contributed by atoms with Gasteiger partial charge in [-0.15, -0.1) is 0 Å². The number of unbranched alkanes of at least 4 members (excludes halogenated alkanes) is 3. The number of amides is 1. The van der Waals surface area contributed by atoms with Gasteiger partial charge in [0.05, 0.1) is 18.2 Å². The zero-order valence-electron chi connectivity index (χ0n) is 18.4. The largest absolute Gasteiger partial charge is 0.463 e. The molecule has 1 aromatic rings. The van der Waals surface area contributed by atoms with Gasteiger partial charge in [-0.1, -0.05) is 38.3 Å². The molecule has 1 heterocycles. The predicted octanol–water partition coefficient (Wildman–Crippen LogP) is 4.68. The normalized spacial score (nSPS) is 16.3. The predicted molar refractivity (Wildman–Crippen MR) is 124 cm³/mol. The maximum absolute atomic E-state index is 12.7. The van der Waals surface area contributed by atoms with Crippen LogP contribution >= 0.6 is 12.2 Å². The van der Waals surface area contributed by atoms with Crippen molar-refractivity contribution in [3.05, 3.63) is 41.1 Å². The Morgan fingerprint density at radius 1 is 1.13 bits per heavy atom. The molecule has 1 aliphatic rings. The number of thiocarbonyl (C=S) groups is 1. The van der Waals surface area contributed by atoms with Crippen molar-refractivity contribution in [3.8, 4) is 0 Å². The van der Waals surface area contributed by atoms with Crippen LogP contribution in [0.3, 0.4) is 0 Å². The van der Waals surface area contributed by atoms with Gasteiger partial charge in [0, 0.05) is 24.4 Å². The van der Waals surface area contributed by atoms with Crippen molar-refractivity contribution in [2.75, 3.05) is 18.5 Å². The van der Waals surface area contributed by atoms with Crippen molar-refractivity contribution in [1.29, 1.82) is 0 Å². The highest BCUT2D eigenvalue weighted by Crippen LogP contribution is 2.32. The van der Waals surface area contributed by atoms with Gasteiger partial charge in [-0.3, -0.25) is 4.79 Å². The molecule has 0 spiro atoms. The third-order valence-electron chi connectivity index (χ3n) is 5.19. The third-order valence-corrected chi connectivity index (χ3v) is 5.53. The molecule has 0 fully saturated rings. The van der Waals surface area contributed by atoms with E-state index in [0.717, 1.165) is 42.6 Å². The quantitative estimate of drug-likeness (QED) is 0.318. The van der Waals surface area contributed by atoms with E-state index in [-0.39, 0.29) is 11.9 Å². The fourth-order valence-corrected chi connectivity index (χ4v) is 3.96. The Labute approximate surface area is 185 Å². The summed E-state index contributed by atoms with van der Waals surface area (Å²) in [5, 5.41) is 6.79. The molecule has 0 aliphatic carbocycles. The number of ether oxygens (including phenoxy) is 1. The Kier molecular flexibility index (Phi) is 9.30. The molecule has 1 aliphatic heterocycles. The lowest BCUT2D eigenvalue weighted by atomic mass is 9.95. The number of carbonyl (C=O) groups is 2. The SMILES string of the molecule is CCCCCCC(=O)Nc1ccc(C2NC(=S)N(CC)C(C)=C2C(=O)OCC)cc1. The van der Waals surface area contributed by atoms with E-state index in [1.165, 1.54) is 0 Å². The van der Waals surface area contributed by atoms with Gasteiger partial charge in [0.2, 0.25) is 5.91 Å². The van der Waals surface area contributed by atoms with E-state index in [0.29, 0.717) is 30.3 Å². The van der Waals surface area contributed by atoms with Gasteiger partial charge in [-0.25, -0.2) is 4.79 Å². The molecular formula is C23H33N3O3S. The first-order valence-corrected chi connectivity index (χ1v) is 11.2. The molecule has 0 radical (unpaired) electrons. The van der Waals surface area contributed by atoms with Crippen LogP contribution in [0.2, 0.25) is 0 Å². The summed E-state index contributed by atoms with van der Waals surface area (Å²) in [7, 11) is 0. The Hall–Kier alpha value is -2.41. The Balaban J connectivity index is 2.16. The fourth-order valence-electron chi connectivity index (χ4n) is 3.58. The number of rotatable bonds is 10. The summed E-state index contributed by atoms with van der Waals surface area (Å²) in [5.41, 5.74) is 2.98. The zero-order valence-corrected chi connectivity index (χ0v) is 19.2. The van der Waals surface area contributed by atoms with Crippen molar-refractivity contribution in [3.63, 3.8) is 0 Å². The van der Waals surface area contributed by atoms with Gasteiger partial charge in [0.25, 0.3) is 0 Å². The van der Waals surface area contributed by atoms with Crippen LogP contribution in [-0.4, -0.2) is 35.0 Å². The number of benzene rings is 1. The molecule has 30 heavy (non-hydrogen) atoms. The standard InChI is InChI=1S/C23H33N3O3S/c1-5-8-9-10-11-19(27)24-18-14-12-17(13-15-18)21-20(22(28)29-7-3)16(4)26(6-2)23(30)25-21/h12-15,21H,5-11H2,1-4H3,(H,24,27)(H,25,30). The zero-order chi connectivity index (χ0) is 22.1. The molecule has 2 rings (SSSR count). The average Bonchev–Trinajstić information content (AvgIpc) is 2.72. The smallest absolute Gasteiger partial charge is 0.338 e. The number of allylic oxidation sites excluding steroid dienone is 1. The second-order valence-corrected chi connectivity index (χ2v) is 7.71. The summed E-state index contributed by atoms with van der Waals surface area (Å²) in [6.07, 6.45) is 4.82. The molecule has 164 valence electrons. The van der Waals surface area contributed by atoms with E-state index in [2.05, 4.69) is 17.6 Å². The van der Waals surface area contributed by atoms with Crippen LogP contribution < -0.4 is 10.6 Å². The van der Waals surface area contributed by atoms with Crippen LogP contribution in [0.5, 0.6) is 0 Å². The minimum Gasteiger partial charge on any atom is -0.463 e. The van der Waals surface area contributed by atoms with Crippen molar-refractivity contribution < 1.29 is 14.3 Å². The lowest BCUT2D eigenvalue weighted by Crippen LogP contribution is -2.47. The Morgan fingerprint density at radius 2 is 1.83 bits per heavy atom. The Bertz CT molecular complexity index is 789. The van der Waals surface area contributed by atoms with Crippen molar-refractivity contribution >= 4 is 34.9 Å². The van der Waals surface area contributed by atoms with E-state index in [9.17, 15) is 9.59 Å². The first kappa shape index (κ1) is 23.9. The molecule has 2 N–H and O–H groups in total. The van der Waals surface area contributed by atoms with Gasteiger partial charge in [-0.2, -0.15) is 0 Å². The highest BCUT2D eigenvalue weighted by Gasteiger charge is 2.34. The third kappa shape index (κ3) is 6.05. The number of hydrogen-bond donors (Lipinski definition) is 2. The lowest BCUT2D eigenvalue weighted by molar-refractivity contribution is -0.139. The summed E-state index contributed by atoms with van der Waals surface area (Å²) < 4.78 is 5.30. The fraction of sp³-hybridized carbons (Fsp3) is 0.522. The molecule has 1 aromatic carbocycles. The van der Waals surface area contributed by atoms with Crippen LogP contribution in [0.1, 0.15) is 71.4 Å².